The van der Waals surface area contributed by atoms with E-state index >= 15 is 0 Å². The first kappa shape index (κ1) is 11.0. The standard InChI is InChI=1S/C7H8F2N2O2S/c8-7(9)5(10)3-4-1-2-6(14-4)11(12)13/h1-2,5,7H,3,10H2. The van der Waals surface area contributed by atoms with Gasteiger partial charge in [-0.3, -0.25) is 10.1 Å². The van der Waals surface area contributed by atoms with E-state index in [-0.39, 0.29) is 11.4 Å². The molecule has 78 valence electrons. The fourth-order valence-corrected chi connectivity index (χ4v) is 1.79. The van der Waals surface area contributed by atoms with E-state index in [1.54, 1.807) is 0 Å². The molecule has 1 aromatic heterocycles. The molecule has 0 spiro atoms. The fraction of sp³-hybridized carbons (Fsp3) is 0.429. The van der Waals surface area contributed by atoms with Gasteiger partial charge < -0.3 is 5.73 Å². The number of hydrogen-bond acceptors (Lipinski definition) is 4. The predicted molar refractivity (Wildman–Crippen MR) is 48.7 cm³/mol. The average Bonchev–Trinajstić information content (AvgIpc) is 2.52. The molecule has 1 atom stereocenters. The Morgan fingerprint density at radius 2 is 2.21 bits per heavy atom. The summed E-state index contributed by atoms with van der Waals surface area (Å²) in [7, 11) is 0. The van der Waals surface area contributed by atoms with Crippen molar-refractivity contribution in [2.45, 2.75) is 18.9 Å². The van der Waals surface area contributed by atoms with Crippen molar-refractivity contribution in [3.05, 3.63) is 27.1 Å². The van der Waals surface area contributed by atoms with E-state index in [4.69, 9.17) is 5.73 Å². The van der Waals surface area contributed by atoms with E-state index in [2.05, 4.69) is 0 Å². The molecule has 1 rings (SSSR count). The van der Waals surface area contributed by atoms with Gasteiger partial charge in [0.15, 0.2) is 0 Å². The number of thiophene rings is 1. The maximum absolute atomic E-state index is 12.0. The van der Waals surface area contributed by atoms with E-state index in [1.165, 1.54) is 12.1 Å². The Kier molecular flexibility index (Phi) is 3.48. The van der Waals surface area contributed by atoms with Crippen LogP contribution in [0.2, 0.25) is 0 Å². The zero-order valence-corrected chi connectivity index (χ0v) is 7.84. The molecule has 0 saturated heterocycles. The zero-order chi connectivity index (χ0) is 10.7. The van der Waals surface area contributed by atoms with Gasteiger partial charge in [-0.25, -0.2) is 8.78 Å². The molecule has 1 heterocycles. The Morgan fingerprint density at radius 3 is 2.64 bits per heavy atom. The van der Waals surface area contributed by atoms with Gasteiger partial charge in [-0.15, -0.1) is 0 Å². The van der Waals surface area contributed by atoms with Gasteiger partial charge in [0.1, 0.15) is 0 Å². The van der Waals surface area contributed by atoms with Gasteiger partial charge in [-0.2, -0.15) is 0 Å². The minimum Gasteiger partial charge on any atom is -0.323 e. The maximum atomic E-state index is 12.0. The van der Waals surface area contributed by atoms with Crippen molar-refractivity contribution in [2.75, 3.05) is 0 Å². The van der Waals surface area contributed by atoms with Crippen LogP contribution in [-0.4, -0.2) is 17.4 Å². The molecule has 0 aliphatic rings. The molecule has 2 N–H and O–H groups in total. The lowest BCUT2D eigenvalue weighted by Gasteiger charge is -2.07. The third-order valence-electron chi connectivity index (χ3n) is 1.59. The molecule has 0 bridgehead atoms. The normalized spacial score (nSPS) is 13.1. The molecule has 4 nitrogen and oxygen atoms in total. The summed E-state index contributed by atoms with van der Waals surface area (Å²) < 4.78 is 24.1. The molecule has 14 heavy (non-hydrogen) atoms. The number of nitrogens with two attached hydrogens (primary N) is 1. The molecule has 0 aromatic carbocycles. The van der Waals surface area contributed by atoms with Crippen molar-refractivity contribution in [1.82, 2.24) is 0 Å². The monoisotopic (exact) mass is 222 g/mol. The molecule has 0 aliphatic carbocycles. The Morgan fingerprint density at radius 1 is 1.57 bits per heavy atom. The number of nitro groups is 1. The van der Waals surface area contributed by atoms with Crippen molar-refractivity contribution in [3.63, 3.8) is 0 Å². The van der Waals surface area contributed by atoms with Crippen LogP contribution in [0.15, 0.2) is 12.1 Å². The van der Waals surface area contributed by atoms with Crippen molar-refractivity contribution < 1.29 is 13.7 Å². The summed E-state index contributed by atoms with van der Waals surface area (Å²) in [5, 5.41) is 10.2. The number of nitrogens with zero attached hydrogens (tertiary/aromatic N) is 1. The van der Waals surface area contributed by atoms with Crippen LogP contribution in [0.1, 0.15) is 4.88 Å². The van der Waals surface area contributed by atoms with Gasteiger partial charge in [-0.1, -0.05) is 11.3 Å². The number of alkyl halides is 2. The van der Waals surface area contributed by atoms with Crippen molar-refractivity contribution in [1.29, 1.82) is 0 Å². The number of hydrogen-bond donors (Lipinski definition) is 1. The molecule has 0 aliphatic heterocycles. The first-order valence-corrected chi connectivity index (χ1v) is 4.59. The van der Waals surface area contributed by atoms with E-state index in [0.717, 1.165) is 11.3 Å². The molecule has 1 aromatic rings. The Bertz CT molecular complexity index is 329. The fourth-order valence-electron chi connectivity index (χ4n) is 0.896. The van der Waals surface area contributed by atoms with Gasteiger partial charge in [-0.05, 0) is 6.07 Å². The van der Waals surface area contributed by atoms with Crippen LogP contribution in [0.25, 0.3) is 0 Å². The lowest BCUT2D eigenvalue weighted by Crippen LogP contribution is -2.30. The minimum atomic E-state index is -2.60. The number of rotatable bonds is 4. The van der Waals surface area contributed by atoms with Gasteiger partial charge in [0.25, 0.3) is 6.43 Å². The predicted octanol–water partition coefficient (Wildman–Crippen LogP) is 1.79. The SMILES string of the molecule is NC(Cc1ccc([N+](=O)[O-])s1)C(F)F. The molecule has 0 radical (unpaired) electrons. The highest BCUT2D eigenvalue weighted by atomic mass is 32.1. The summed E-state index contributed by atoms with van der Waals surface area (Å²) in [6, 6.07) is 1.48. The highest BCUT2D eigenvalue weighted by molar-refractivity contribution is 7.15. The van der Waals surface area contributed by atoms with Crippen LogP contribution in [0.3, 0.4) is 0 Å². The van der Waals surface area contributed by atoms with Gasteiger partial charge in [0, 0.05) is 17.4 Å². The summed E-state index contributed by atoms with van der Waals surface area (Å²) in [4.78, 5) is 10.2. The highest BCUT2D eigenvalue weighted by Gasteiger charge is 2.18. The van der Waals surface area contributed by atoms with Crippen LogP contribution >= 0.6 is 11.3 Å². The molecule has 0 saturated carbocycles. The molecule has 0 amide bonds. The van der Waals surface area contributed by atoms with Crippen LogP contribution < -0.4 is 5.73 Å². The lowest BCUT2D eigenvalue weighted by molar-refractivity contribution is -0.380. The Balaban J connectivity index is 2.64. The Labute approximate surface area is 82.5 Å². The quantitative estimate of drug-likeness (QED) is 0.623. The Hall–Kier alpha value is -1.08. The summed E-state index contributed by atoms with van der Waals surface area (Å²) in [6.45, 7) is 0. The van der Waals surface area contributed by atoms with Crippen molar-refractivity contribution in [2.24, 2.45) is 5.73 Å². The number of halogens is 2. The van der Waals surface area contributed by atoms with Gasteiger partial charge in [0.2, 0.25) is 0 Å². The molecule has 1 unspecified atom stereocenters. The summed E-state index contributed by atoms with van der Waals surface area (Å²) in [5.41, 5.74) is 5.12. The molecular formula is C7H8F2N2O2S. The van der Waals surface area contributed by atoms with E-state index in [9.17, 15) is 18.9 Å². The van der Waals surface area contributed by atoms with Gasteiger partial charge >= 0.3 is 5.00 Å². The van der Waals surface area contributed by atoms with Crippen LogP contribution in [-0.2, 0) is 6.42 Å². The highest BCUT2D eigenvalue weighted by Crippen LogP contribution is 2.25. The topological polar surface area (TPSA) is 69.2 Å². The minimum absolute atomic E-state index is 0.0316. The smallest absolute Gasteiger partial charge is 0.323 e. The average molecular weight is 222 g/mol. The second-order valence-corrected chi connectivity index (χ2v) is 3.85. The van der Waals surface area contributed by atoms with Gasteiger partial charge in [0.05, 0.1) is 11.0 Å². The lowest BCUT2D eigenvalue weighted by atomic mass is 10.2. The van der Waals surface area contributed by atoms with Crippen LogP contribution in [0.4, 0.5) is 13.8 Å². The van der Waals surface area contributed by atoms with E-state index in [1.807, 2.05) is 0 Å². The van der Waals surface area contributed by atoms with E-state index in [0.29, 0.717) is 4.88 Å². The largest absolute Gasteiger partial charge is 0.324 e. The second-order valence-electron chi connectivity index (χ2n) is 2.70. The third-order valence-corrected chi connectivity index (χ3v) is 2.65. The molecule has 7 heteroatoms. The first-order chi connectivity index (χ1) is 6.50. The van der Waals surface area contributed by atoms with Crippen molar-refractivity contribution in [3.8, 4) is 0 Å². The first-order valence-electron chi connectivity index (χ1n) is 3.77. The van der Waals surface area contributed by atoms with Crippen LogP contribution in [0, 0.1) is 10.1 Å². The maximum Gasteiger partial charge on any atom is 0.324 e. The van der Waals surface area contributed by atoms with E-state index < -0.39 is 17.4 Å². The summed E-state index contributed by atoms with van der Waals surface area (Å²) >= 11 is 0.874. The van der Waals surface area contributed by atoms with Crippen LogP contribution in [0.5, 0.6) is 0 Å². The summed E-state index contributed by atoms with van der Waals surface area (Å²) in [6.07, 6.45) is -2.63. The molecular weight excluding hydrogens is 214 g/mol. The van der Waals surface area contributed by atoms with Crippen molar-refractivity contribution >= 4 is 16.3 Å². The zero-order valence-electron chi connectivity index (χ0n) is 7.02. The second kappa shape index (κ2) is 4.43. The third kappa shape index (κ3) is 2.71. The summed E-state index contributed by atoms with van der Waals surface area (Å²) in [5.74, 6) is 0. The molecule has 0 fully saturated rings.